The number of unbranched alkanes of at least 4 members (excludes halogenated alkanes) is 1. The highest BCUT2D eigenvalue weighted by atomic mass is 19.1. The summed E-state index contributed by atoms with van der Waals surface area (Å²) < 4.78 is 24.5. The van der Waals surface area contributed by atoms with E-state index in [1.54, 1.807) is 13.2 Å². The Labute approximate surface area is 170 Å². The predicted octanol–water partition coefficient (Wildman–Crippen LogP) is 4.55. The number of benzene rings is 2. The van der Waals surface area contributed by atoms with Crippen molar-refractivity contribution in [3.63, 3.8) is 0 Å². The number of nitrogens with zero attached hydrogens (tertiary/aromatic N) is 2. The number of hydrogen-bond acceptors (Lipinski definition) is 4. The summed E-state index contributed by atoms with van der Waals surface area (Å²) in [5, 5.41) is 8.51. The van der Waals surface area contributed by atoms with E-state index in [-0.39, 0.29) is 5.82 Å². The van der Waals surface area contributed by atoms with Crippen LogP contribution in [0.15, 0.2) is 36.4 Å². The molecule has 1 fully saturated rings. The molecule has 0 atom stereocenters. The maximum atomic E-state index is 13.4. The molecular weight excluding hydrogens is 369 g/mol. The van der Waals surface area contributed by atoms with Crippen LogP contribution in [0.25, 0.3) is 10.9 Å². The minimum atomic E-state index is -0.226. The highest BCUT2D eigenvalue weighted by Crippen LogP contribution is 2.32. The summed E-state index contributed by atoms with van der Waals surface area (Å²) in [6.45, 7) is 3.92. The summed E-state index contributed by atoms with van der Waals surface area (Å²) in [4.78, 5) is 2.52. The Bertz CT molecular complexity index is 935. The molecule has 1 aromatic heterocycles. The highest BCUT2D eigenvalue weighted by Gasteiger charge is 2.23. The molecule has 2 aromatic carbocycles. The van der Waals surface area contributed by atoms with Crippen molar-refractivity contribution in [2.24, 2.45) is 0 Å². The monoisotopic (exact) mass is 396 g/mol. The molecule has 0 saturated carbocycles. The van der Waals surface area contributed by atoms with E-state index in [1.807, 2.05) is 18.2 Å². The molecule has 1 saturated heterocycles. The second-order valence-electron chi connectivity index (χ2n) is 7.55. The van der Waals surface area contributed by atoms with E-state index in [1.165, 1.54) is 12.1 Å². The third kappa shape index (κ3) is 4.70. The molecule has 29 heavy (non-hydrogen) atoms. The second-order valence-corrected chi connectivity index (χ2v) is 7.55. The molecule has 2 heterocycles. The molecule has 0 unspecified atom stereocenters. The Hall–Kier alpha value is -2.60. The van der Waals surface area contributed by atoms with Gasteiger partial charge in [-0.15, -0.1) is 0 Å². The molecule has 1 aliphatic heterocycles. The van der Waals surface area contributed by atoms with Gasteiger partial charge in [-0.3, -0.25) is 5.10 Å². The number of methoxy groups -OCH3 is 1. The molecule has 0 spiro atoms. The first-order valence-electron chi connectivity index (χ1n) is 10.3. The number of aromatic nitrogens is 2. The van der Waals surface area contributed by atoms with Crippen molar-refractivity contribution in [2.45, 2.75) is 31.6 Å². The van der Waals surface area contributed by atoms with Crippen LogP contribution in [0.5, 0.6) is 11.5 Å². The number of H-pyrrole nitrogens is 1. The van der Waals surface area contributed by atoms with Crippen molar-refractivity contribution < 1.29 is 13.9 Å². The van der Waals surface area contributed by atoms with E-state index in [0.717, 1.165) is 73.4 Å². The molecule has 4 rings (SSSR count). The number of ether oxygens (including phenoxy) is 2. The van der Waals surface area contributed by atoms with Gasteiger partial charge in [0.25, 0.3) is 0 Å². The summed E-state index contributed by atoms with van der Waals surface area (Å²) in [6.07, 6.45) is 4.30. The number of piperidine rings is 1. The number of nitrogens with one attached hydrogen (secondary N) is 1. The van der Waals surface area contributed by atoms with Crippen molar-refractivity contribution in [3.8, 4) is 11.5 Å². The SMILES string of the molecule is COc1c[c]ccc1OCCCCN1CCC(c2n[nH]c3cc(F)ccc23)CC1. The number of aromatic amines is 1. The Morgan fingerprint density at radius 3 is 2.90 bits per heavy atom. The van der Waals surface area contributed by atoms with Gasteiger partial charge in [-0.25, -0.2) is 4.39 Å². The van der Waals surface area contributed by atoms with Gasteiger partial charge in [0.1, 0.15) is 5.82 Å². The van der Waals surface area contributed by atoms with Crippen LogP contribution in [0.2, 0.25) is 0 Å². The van der Waals surface area contributed by atoms with Crippen molar-refractivity contribution in [3.05, 3.63) is 54.0 Å². The van der Waals surface area contributed by atoms with E-state index >= 15 is 0 Å². The lowest BCUT2D eigenvalue weighted by Crippen LogP contribution is -2.34. The molecule has 5 nitrogen and oxygen atoms in total. The van der Waals surface area contributed by atoms with Gasteiger partial charge >= 0.3 is 0 Å². The summed E-state index contributed by atoms with van der Waals surface area (Å²) in [5.74, 6) is 1.72. The lowest BCUT2D eigenvalue weighted by molar-refractivity contribution is 0.200. The Morgan fingerprint density at radius 1 is 1.21 bits per heavy atom. The molecule has 3 aromatic rings. The average Bonchev–Trinajstić information content (AvgIpc) is 3.17. The first-order valence-corrected chi connectivity index (χ1v) is 10.3. The van der Waals surface area contributed by atoms with E-state index in [0.29, 0.717) is 12.5 Å². The van der Waals surface area contributed by atoms with Gasteiger partial charge in [0.15, 0.2) is 11.5 Å². The topological polar surface area (TPSA) is 50.4 Å². The lowest BCUT2D eigenvalue weighted by atomic mass is 9.91. The zero-order chi connectivity index (χ0) is 20.1. The number of fused-ring (bicyclic) bond motifs is 1. The van der Waals surface area contributed by atoms with Gasteiger partial charge < -0.3 is 14.4 Å². The first kappa shape index (κ1) is 19.7. The quantitative estimate of drug-likeness (QED) is 0.568. The largest absolute Gasteiger partial charge is 0.493 e. The van der Waals surface area contributed by atoms with Gasteiger partial charge in [-0.2, -0.15) is 5.10 Å². The molecule has 0 bridgehead atoms. The molecular formula is C23H27FN3O2. The van der Waals surface area contributed by atoms with E-state index in [4.69, 9.17) is 9.47 Å². The van der Waals surface area contributed by atoms with Crippen LogP contribution in [-0.2, 0) is 0 Å². The number of halogens is 1. The maximum Gasteiger partial charge on any atom is 0.161 e. The summed E-state index contributed by atoms with van der Waals surface area (Å²) in [7, 11) is 1.64. The number of hydrogen-bond donors (Lipinski definition) is 1. The van der Waals surface area contributed by atoms with Gasteiger partial charge in [-0.1, -0.05) is 6.07 Å². The number of rotatable bonds is 8. The zero-order valence-corrected chi connectivity index (χ0v) is 16.8. The van der Waals surface area contributed by atoms with Gasteiger partial charge in [-0.05, 0) is 81.7 Å². The number of likely N-dealkylation sites (tertiary alicyclic amines) is 1. The van der Waals surface area contributed by atoms with Crippen molar-refractivity contribution in [2.75, 3.05) is 33.4 Å². The molecule has 1 radical (unpaired) electrons. The minimum Gasteiger partial charge on any atom is -0.493 e. The van der Waals surface area contributed by atoms with Gasteiger partial charge in [0.2, 0.25) is 0 Å². The third-order valence-electron chi connectivity index (χ3n) is 5.66. The maximum absolute atomic E-state index is 13.4. The smallest absolute Gasteiger partial charge is 0.161 e. The van der Waals surface area contributed by atoms with Crippen LogP contribution >= 0.6 is 0 Å². The second kappa shape index (κ2) is 9.27. The van der Waals surface area contributed by atoms with Gasteiger partial charge in [0.05, 0.1) is 24.9 Å². The predicted molar refractivity (Wildman–Crippen MR) is 111 cm³/mol. The molecule has 0 amide bonds. The highest BCUT2D eigenvalue weighted by molar-refractivity contribution is 5.81. The van der Waals surface area contributed by atoms with E-state index in [2.05, 4.69) is 21.2 Å². The minimum absolute atomic E-state index is 0.226. The molecule has 153 valence electrons. The summed E-state index contributed by atoms with van der Waals surface area (Å²) in [5.41, 5.74) is 1.87. The first-order chi connectivity index (χ1) is 14.2. The van der Waals surface area contributed by atoms with Crippen LogP contribution in [0, 0.1) is 11.9 Å². The fourth-order valence-electron chi connectivity index (χ4n) is 4.05. The molecule has 0 aliphatic carbocycles. The summed E-state index contributed by atoms with van der Waals surface area (Å²) >= 11 is 0. The average molecular weight is 396 g/mol. The normalized spacial score (nSPS) is 15.7. The fourth-order valence-corrected chi connectivity index (χ4v) is 4.05. The van der Waals surface area contributed by atoms with Crippen LogP contribution in [-0.4, -0.2) is 48.4 Å². The van der Waals surface area contributed by atoms with Crippen LogP contribution < -0.4 is 9.47 Å². The van der Waals surface area contributed by atoms with Crippen LogP contribution in [0.1, 0.15) is 37.3 Å². The standard InChI is InChI=1S/C23H27FN3O2/c1-28-21-6-2-3-7-22(21)29-15-5-4-12-27-13-10-17(11-14-27)23-19-9-8-18(24)16-20(19)25-26-23/h3,6-9,16-17H,4-5,10-15H2,1H3,(H,25,26). The van der Waals surface area contributed by atoms with Gasteiger partial charge in [0, 0.05) is 11.3 Å². The van der Waals surface area contributed by atoms with Crippen LogP contribution in [0.3, 0.4) is 0 Å². The van der Waals surface area contributed by atoms with Crippen LogP contribution in [0.4, 0.5) is 4.39 Å². The van der Waals surface area contributed by atoms with Crippen molar-refractivity contribution in [1.29, 1.82) is 0 Å². The van der Waals surface area contributed by atoms with Crippen molar-refractivity contribution >= 4 is 10.9 Å². The lowest BCUT2D eigenvalue weighted by Gasteiger charge is -2.31. The third-order valence-corrected chi connectivity index (χ3v) is 5.66. The van der Waals surface area contributed by atoms with E-state index < -0.39 is 0 Å². The molecule has 1 aliphatic rings. The molecule has 1 N–H and O–H groups in total. The zero-order valence-electron chi connectivity index (χ0n) is 16.8. The Morgan fingerprint density at radius 2 is 2.07 bits per heavy atom. The van der Waals surface area contributed by atoms with Crippen molar-refractivity contribution in [1.82, 2.24) is 15.1 Å². The Kier molecular flexibility index (Phi) is 6.30. The van der Waals surface area contributed by atoms with E-state index in [9.17, 15) is 4.39 Å². The Balaban J connectivity index is 1.19. The fraction of sp³-hybridized carbons (Fsp3) is 0.435. The molecule has 6 heteroatoms. The summed E-state index contributed by atoms with van der Waals surface area (Å²) in [6, 6.07) is 13.4.